The summed E-state index contributed by atoms with van der Waals surface area (Å²) in [7, 11) is 0. The predicted molar refractivity (Wildman–Crippen MR) is 235 cm³/mol. The van der Waals surface area contributed by atoms with Gasteiger partial charge in [-0.05, 0) is 40.5 Å². The van der Waals surface area contributed by atoms with Crippen LogP contribution in [0, 0.1) is 0 Å². The third kappa shape index (κ3) is 8.40. The molecule has 0 saturated heterocycles. The Morgan fingerprint density at radius 1 is 0.710 bits per heavy atom. The monoisotopic (exact) mass is 878 g/mol. The Morgan fingerprint density at radius 2 is 1.23 bits per heavy atom. The molecule has 0 fully saturated rings. The Balaban J connectivity index is 0.946. The standard InChI is InChI=1S/C46H43ClN4O10S/c1-3-28-25-50(34-22-36(60-27(2)52)30-8-4-6-10-32(30)42(28)34)44(55)38-12-13-39(62-38)45(56)51-26-29(24-47)43-33-11-7-5-9-31(33)37(23-35(43)51)61-46(57)48-16-18-58-20-21-59-19-17-49-40(53)14-15-41(49)54/h4-15,22-23,28-29H,3,16-21,24-26H2,1-2H3,(H,48,57). The molecule has 4 aromatic carbocycles. The topological polar surface area (TPSA) is 161 Å². The minimum Gasteiger partial charge on any atom is -0.426 e. The van der Waals surface area contributed by atoms with Crippen molar-refractivity contribution >= 4 is 91.5 Å². The van der Waals surface area contributed by atoms with Crippen molar-refractivity contribution < 1.29 is 47.7 Å². The van der Waals surface area contributed by atoms with Gasteiger partial charge in [-0.2, -0.15) is 0 Å². The number of amides is 5. The first kappa shape index (κ1) is 42.6. The number of carbonyl (C=O) groups excluding carboxylic acids is 6. The number of anilines is 2. The van der Waals surface area contributed by atoms with Crippen LogP contribution in [0.2, 0.25) is 0 Å². The van der Waals surface area contributed by atoms with E-state index < -0.39 is 12.1 Å². The second-order valence-electron chi connectivity index (χ2n) is 15.0. The van der Waals surface area contributed by atoms with Crippen molar-refractivity contribution in [1.82, 2.24) is 10.2 Å². The van der Waals surface area contributed by atoms with Crippen molar-refractivity contribution in [2.45, 2.75) is 32.1 Å². The van der Waals surface area contributed by atoms with Crippen molar-refractivity contribution in [3.05, 3.63) is 106 Å². The van der Waals surface area contributed by atoms with Gasteiger partial charge < -0.3 is 34.1 Å². The van der Waals surface area contributed by atoms with Gasteiger partial charge in [-0.3, -0.25) is 28.9 Å². The van der Waals surface area contributed by atoms with E-state index in [2.05, 4.69) is 12.2 Å². The summed E-state index contributed by atoms with van der Waals surface area (Å²) in [5.74, 6) is -1.03. The number of carbonyl (C=O) groups is 6. The molecule has 5 amide bonds. The Labute approximate surface area is 365 Å². The van der Waals surface area contributed by atoms with Crippen molar-refractivity contribution in [2.75, 3.05) is 68.3 Å². The molecule has 5 aromatic rings. The van der Waals surface area contributed by atoms with Gasteiger partial charge in [0.15, 0.2) is 0 Å². The number of ether oxygens (including phenoxy) is 4. The SMILES string of the molecule is CCC1CN(C(=O)c2ccc(C(=O)N3CC(CCl)c4c3cc(OC(=O)NCCOCCOCCN3C(=O)C=CC3=O)c3ccccc43)s2)c2cc(OC(C)=O)c3ccccc3c21. The van der Waals surface area contributed by atoms with Crippen molar-refractivity contribution in [2.24, 2.45) is 0 Å². The molecule has 4 heterocycles. The van der Waals surface area contributed by atoms with E-state index in [9.17, 15) is 28.8 Å². The van der Waals surface area contributed by atoms with Crippen molar-refractivity contribution in [1.29, 1.82) is 0 Å². The molecular weight excluding hydrogens is 836 g/mol. The highest BCUT2D eigenvalue weighted by Gasteiger charge is 2.38. The molecule has 14 nitrogen and oxygen atoms in total. The van der Waals surface area contributed by atoms with Gasteiger partial charge in [0.1, 0.15) is 11.5 Å². The summed E-state index contributed by atoms with van der Waals surface area (Å²) in [4.78, 5) is 82.3. The molecule has 0 spiro atoms. The van der Waals surface area contributed by atoms with Crippen LogP contribution >= 0.6 is 22.9 Å². The highest BCUT2D eigenvalue weighted by molar-refractivity contribution is 7.16. The smallest absolute Gasteiger partial charge is 0.412 e. The maximum atomic E-state index is 14.4. The molecule has 8 rings (SSSR count). The van der Waals surface area contributed by atoms with Gasteiger partial charge in [0.25, 0.3) is 23.6 Å². The lowest BCUT2D eigenvalue weighted by atomic mass is 9.93. The summed E-state index contributed by atoms with van der Waals surface area (Å²) < 4.78 is 22.4. The molecule has 1 aromatic heterocycles. The first-order valence-electron chi connectivity index (χ1n) is 20.3. The molecule has 16 heteroatoms. The molecule has 0 aliphatic carbocycles. The first-order chi connectivity index (χ1) is 30.1. The van der Waals surface area contributed by atoms with Gasteiger partial charge in [0, 0.05) is 79.3 Å². The van der Waals surface area contributed by atoms with Crippen LogP contribution in [0.1, 0.15) is 62.6 Å². The van der Waals surface area contributed by atoms with Crippen LogP contribution < -0.4 is 24.6 Å². The molecular formula is C46H43ClN4O10S. The third-order valence-electron chi connectivity index (χ3n) is 11.2. The van der Waals surface area contributed by atoms with Crippen LogP contribution in [0.3, 0.4) is 0 Å². The quantitative estimate of drug-likeness (QED) is 0.0376. The number of hydrogen-bond acceptors (Lipinski definition) is 11. The minimum absolute atomic E-state index is 0.0607. The molecule has 2 unspecified atom stereocenters. The molecule has 0 radical (unpaired) electrons. The molecule has 0 saturated carbocycles. The molecule has 0 bridgehead atoms. The Bertz CT molecular complexity index is 2630. The molecule has 1 N–H and O–H groups in total. The lowest BCUT2D eigenvalue weighted by Crippen LogP contribution is -2.33. The minimum atomic E-state index is -0.712. The first-order valence-corrected chi connectivity index (χ1v) is 21.7. The zero-order chi connectivity index (χ0) is 43.5. The summed E-state index contributed by atoms with van der Waals surface area (Å²) in [6.45, 7) is 5.28. The molecule has 320 valence electrons. The third-order valence-corrected chi connectivity index (χ3v) is 12.6. The Hall–Kier alpha value is -6.13. The van der Waals surface area contributed by atoms with Crippen LogP contribution in [-0.2, 0) is 23.9 Å². The van der Waals surface area contributed by atoms with E-state index in [4.69, 9.17) is 30.5 Å². The number of benzene rings is 4. The summed E-state index contributed by atoms with van der Waals surface area (Å²) in [5, 5.41) is 5.89. The maximum Gasteiger partial charge on any atom is 0.412 e. The zero-order valence-electron chi connectivity index (χ0n) is 34.0. The van der Waals surface area contributed by atoms with E-state index in [0.717, 1.165) is 49.9 Å². The van der Waals surface area contributed by atoms with E-state index in [1.165, 1.54) is 19.1 Å². The van der Waals surface area contributed by atoms with E-state index >= 15 is 0 Å². The number of thiophene rings is 1. The van der Waals surface area contributed by atoms with Crippen LogP contribution in [0.4, 0.5) is 16.2 Å². The van der Waals surface area contributed by atoms with Gasteiger partial charge in [-0.25, -0.2) is 4.79 Å². The van der Waals surface area contributed by atoms with E-state index in [1.807, 2.05) is 48.5 Å². The maximum absolute atomic E-state index is 14.4. The van der Waals surface area contributed by atoms with Gasteiger partial charge in [0.2, 0.25) is 0 Å². The molecule has 3 aliphatic rings. The van der Waals surface area contributed by atoms with Gasteiger partial charge in [-0.15, -0.1) is 22.9 Å². The fourth-order valence-electron chi connectivity index (χ4n) is 8.32. The van der Waals surface area contributed by atoms with Gasteiger partial charge in [-0.1, -0.05) is 55.5 Å². The lowest BCUT2D eigenvalue weighted by molar-refractivity contribution is -0.137. The second kappa shape index (κ2) is 18.5. The van der Waals surface area contributed by atoms with Crippen molar-refractivity contribution in [3.63, 3.8) is 0 Å². The number of esters is 1. The summed E-state index contributed by atoms with van der Waals surface area (Å²) in [6, 6.07) is 22.0. The molecule has 2 atom stereocenters. The number of fused-ring (bicyclic) bond motifs is 6. The average Bonchev–Trinajstić information content (AvgIpc) is 4.07. The predicted octanol–water partition coefficient (Wildman–Crippen LogP) is 7.16. The number of alkyl halides is 1. The van der Waals surface area contributed by atoms with Gasteiger partial charge in [0.05, 0.1) is 54.1 Å². The number of halogens is 1. The highest BCUT2D eigenvalue weighted by Crippen LogP contribution is 2.48. The zero-order valence-corrected chi connectivity index (χ0v) is 35.6. The van der Waals surface area contributed by atoms with E-state index in [0.29, 0.717) is 38.8 Å². The number of rotatable bonds is 15. The fraction of sp³-hybridized carbons (Fsp3) is 0.304. The van der Waals surface area contributed by atoms with Crippen molar-refractivity contribution in [3.8, 4) is 11.5 Å². The van der Waals surface area contributed by atoms with Crippen LogP contribution in [0.25, 0.3) is 21.5 Å². The summed E-state index contributed by atoms with van der Waals surface area (Å²) >= 11 is 7.64. The van der Waals surface area contributed by atoms with Gasteiger partial charge >= 0.3 is 12.1 Å². The molecule has 3 aliphatic heterocycles. The summed E-state index contributed by atoms with van der Waals surface area (Å²) in [5.41, 5.74) is 3.13. The average molecular weight is 879 g/mol. The van der Waals surface area contributed by atoms with E-state index in [1.54, 1.807) is 34.1 Å². The fourth-order valence-corrected chi connectivity index (χ4v) is 9.47. The normalized spacial score (nSPS) is 16.7. The number of imide groups is 1. The lowest BCUT2D eigenvalue weighted by Gasteiger charge is -2.19. The van der Waals surface area contributed by atoms with E-state index in [-0.39, 0.29) is 93.2 Å². The highest BCUT2D eigenvalue weighted by atomic mass is 35.5. The number of nitrogens with one attached hydrogen (secondary N) is 1. The molecule has 62 heavy (non-hydrogen) atoms. The number of nitrogens with zero attached hydrogens (tertiary/aromatic N) is 3. The number of hydrogen-bond donors (Lipinski definition) is 1. The van der Waals surface area contributed by atoms with Crippen LogP contribution in [0.5, 0.6) is 11.5 Å². The van der Waals surface area contributed by atoms with Crippen LogP contribution in [0.15, 0.2) is 84.9 Å². The Kier molecular flexibility index (Phi) is 12.7. The second-order valence-corrected chi connectivity index (χ2v) is 16.3. The van der Waals surface area contributed by atoms with Crippen LogP contribution in [-0.4, -0.2) is 99.1 Å². The largest absolute Gasteiger partial charge is 0.426 e. The Morgan fingerprint density at radius 3 is 1.77 bits per heavy atom. The summed E-state index contributed by atoms with van der Waals surface area (Å²) in [6.07, 6.45) is 2.52.